The van der Waals surface area contributed by atoms with Crippen LogP contribution in [-0.2, 0) is 0 Å². The van der Waals surface area contributed by atoms with Crippen molar-refractivity contribution in [3.05, 3.63) is 99.1 Å². The summed E-state index contributed by atoms with van der Waals surface area (Å²) in [5.41, 5.74) is 3.35. The zero-order valence-corrected chi connectivity index (χ0v) is 16.3. The van der Waals surface area contributed by atoms with Crippen molar-refractivity contribution < 1.29 is 24.4 Å². The maximum atomic E-state index is 12.4. The van der Waals surface area contributed by atoms with Crippen LogP contribution in [0.25, 0.3) is 0 Å². The molecule has 3 aromatic carbocycles. The molecule has 0 bridgehead atoms. The number of hydrogen-bond donors (Lipinski definition) is 2. The van der Waals surface area contributed by atoms with Crippen molar-refractivity contribution in [3.63, 3.8) is 0 Å². The fourth-order valence-electron chi connectivity index (χ4n) is 2.58. The van der Waals surface area contributed by atoms with Crippen molar-refractivity contribution in [1.82, 2.24) is 5.43 Å². The third kappa shape index (κ3) is 5.30. The average Bonchev–Trinajstić information content (AvgIpc) is 2.75. The van der Waals surface area contributed by atoms with E-state index in [1.807, 2.05) is 6.92 Å². The van der Waals surface area contributed by atoms with Crippen LogP contribution in [0.3, 0.4) is 0 Å². The van der Waals surface area contributed by atoms with E-state index in [0.29, 0.717) is 5.56 Å². The fraction of sp³-hybridized carbons (Fsp3) is 0.0455. The number of non-ortho nitro benzene ring substituents is 1. The Bertz CT molecular complexity index is 1170. The number of rotatable bonds is 6. The zero-order chi connectivity index (χ0) is 22.4. The predicted molar refractivity (Wildman–Crippen MR) is 112 cm³/mol. The van der Waals surface area contributed by atoms with E-state index in [4.69, 9.17) is 4.74 Å². The number of carbonyl (C=O) groups is 2. The highest BCUT2D eigenvalue weighted by Crippen LogP contribution is 2.24. The lowest BCUT2D eigenvalue weighted by Crippen LogP contribution is -2.18. The van der Waals surface area contributed by atoms with E-state index < -0.39 is 16.8 Å². The summed E-state index contributed by atoms with van der Waals surface area (Å²) in [6.07, 6.45) is 1.11. The largest absolute Gasteiger partial charge is 0.507 e. The second-order valence-corrected chi connectivity index (χ2v) is 6.45. The molecule has 3 rings (SSSR count). The summed E-state index contributed by atoms with van der Waals surface area (Å²) in [5, 5.41) is 24.6. The third-order valence-corrected chi connectivity index (χ3v) is 4.21. The number of hydrogen-bond acceptors (Lipinski definition) is 7. The number of phenols is 1. The summed E-state index contributed by atoms with van der Waals surface area (Å²) in [6.45, 7) is 1.88. The molecule has 0 aliphatic rings. The van der Waals surface area contributed by atoms with Crippen molar-refractivity contribution in [1.29, 1.82) is 0 Å². The number of nitro groups is 1. The number of ether oxygens (including phenoxy) is 1. The van der Waals surface area contributed by atoms with Gasteiger partial charge in [0.15, 0.2) is 0 Å². The summed E-state index contributed by atoms with van der Waals surface area (Å²) in [7, 11) is 0. The van der Waals surface area contributed by atoms with Gasteiger partial charge in [-0.15, -0.1) is 0 Å². The number of aromatic hydroxyl groups is 1. The van der Waals surface area contributed by atoms with Crippen LogP contribution >= 0.6 is 0 Å². The highest BCUT2D eigenvalue weighted by Gasteiger charge is 2.15. The number of amides is 1. The van der Waals surface area contributed by atoms with Gasteiger partial charge in [0.1, 0.15) is 11.5 Å². The predicted octanol–water partition coefficient (Wildman–Crippen LogP) is 3.59. The SMILES string of the molecule is Cc1ccc(C(=O)Oc2ccc([N+](=O)[O-])cc2/C=N/NC(=O)c2ccccc2O)cc1. The number of esters is 1. The van der Waals surface area contributed by atoms with Gasteiger partial charge in [-0.2, -0.15) is 5.10 Å². The Morgan fingerprint density at radius 3 is 2.48 bits per heavy atom. The van der Waals surface area contributed by atoms with Gasteiger partial charge >= 0.3 is 5.97 Å². The molecule has 0 heterocycles. The first-order valence-corrected chi connectivity index (χ1v) is 9.04. The molecule has 0 saturated carbocycles. The van der Waals surface area contributed by atoms with Crippen LogP contribution < -0.4 is 10.2 Å². The number of para-hydroxylation sites is 1. The Labute approximate surface area is 176 Å². The normalized spacial score (nSPS) is 10.6. The van der Waals surface area contributed by atoms with Crippen LogP contribution in [0.5, 0.6) is 11.5 Å². The number of phenolic OH excluding ortho intramolecular Hbond substituents is 1. The van der Waals surface area contributed by atoms with Gasteiger partial charge in [0.05, 0.1) is 22.3 Å². The fourth-order valence-corrected chi connectivity index (χ4v) is 2.58. The first kappa shape index (κ1) is 21.2. The number of hydrazone groups is 1. The molecule has 3 aromatic rings. The lowest BCUT2D eigenvalue weighted by molar-refractivity contribution is -0.384. The zero-order valence-electron chi connectivity index (χ0n) is 16.3. The summed E-state index contributed by atoms with van der Waals surface area (Å²) in [6, 6.07) is 16.2. The maximum Gasteiger partial charge on any atom is 0.343 e. The maximum absolute atomic E-state index is 12.4. The number of nitrogens with one attached hydrogen (secondary N) is 1. The lowest BCUT2D eigenvalue weighted by Gasteiger charge is -2.08. The molecule has 0 spiro atoms. The van der Waals surface area contributed by atoms with Gasteiger partial charge in [0.25, 0.3) is 11.6 Å². The summed E-state index contributed by atoms with van der Waals surface area (Å²) < 4.78 is 5.36. The van der Waals surface area contributed by atoms with Gasteiger partial charge < -0.3 is 9.84 Å². The molecule has 0 fully saturated rings. The number of nitrogens with zero attached hydrogens (tertiary/aromatic N) is 2. The van der Waals surface area contributed by atoms with Crippen molar-refractivity contribution in [2.75, 3.05) is 0 Å². The Kier molecular flexibility index (Phi) is 6.36. The van der Waals surface area contributed by atoms with Crippen LogP contribution in [0.1, 0.15) is 31.8 Å². The minimum absolute atomic E-state index is 0.00437. The molecule has 0 unspecified atom stereocenters. The molecule has 9 heteroatoms. The Balaban J connectivity index is 1.82. The standard InChI is InChI=1S/C22H17N3O6/c1-14-6-8-15(9-7-14)22(28)31-20-11-10-17(25(29)30)12-16(20)13-23-24-21(27)18-4-2-3-5-19(18)26/h2-13,26H,1H3,(H,24,27)/b23-13+. The summed E-state index contributed by atoms with van der Waals surface area (Å²) in [4.78, 5) is 35.0. The van der Waals surface area contributed by atoms with Crippen molar-refractivity contribution in [3.8, 4) is 11.5 Å². The quantitative estimate of drug-likeness (QED) is 0.206. The minimum Gasteiger partial charge on any atom is -0.507 e. The van der Waals surface area contributed by atoms with E-state index in [1.165, 1.54) is 24.3 Å². The average molecular weight is 419 g/mol. The third-order valence-electron chi connectivity index (χ3n) is 4.21. The first-order chi connectivity index (χ1) is 14.8. The first-order valence-electron chi connectivity index (χ1n) is 9.04. The molecule has 0 aromatic heterocycles. The number of aryl methyl sites for hydroxylation is 1. The van der Waals surface area contributed by atoms with Crippen LogP contribution in [0, 0.1) is 17.0 Å². The van der Waals surface area contributed by atoms with Crippen LogP contribution in [0.4, 0.5) is 5.69 Å². The van der Waals surface area contributed by atoms with Gasteiger partial charge in [-0.3, -0.25) is 14.9 Å². The molecular formula is C22H17N3O6. The van der Waals surface area contributed by atoms with Crippen molar-refractivity contribution >= 4 is 23.8 Å². The van der Waals surface area contributed by atoms with Crippen LogP contribution in [0.2, 0.25) is 0 Å². The van der Waals surface area contributed by atoms with E-state index in [2.05, 4.69) is 10.5 Å². The molecule has 9 nitrogen and oxygen atoms in total. The van der Waals surface area contributed by atoms with Gasteiger partial charge in [-0.1, -0.05) is 29.8 Å². The molecule has 0 aliphatic carbocycles. The van der Waals surface area contributed by atoms with Crippen LogP contribution in [-0.4, -0.2) is 28.1 Å². The number of carbonyl (C=O) groups excluding carboxylic acids is 2. The van der Waals surface area contributed by atoms with E-state index in [1.54, 1.807) is 36.4 Å². The minimum atomic E-state index is -0.682. The molecule has 2 N–H and O–H groups in total. The molecule has 0 radical (unpaired) electrons. The van der Waals surface area contributed by atoms with E-state index in [9.17, 15) is 24.8 Å². The van der Waals surface area contributed by atoms with Gasteiger partial charge in [-0.05, 0) is 37.3 Å². The Morgan fingerprint density at radius 1 is 1.10 bits per heavy atom. The second kappa shape index (κ2) is 9.31. The molecule has 0 aliphatic heterocycles. The van der Waals surface area contributed by atoms with E-state index in [-0.39, 0.29) is 28.3 Å². The molecular weight excluding hydrogens is 402 g/mol. The molecule has 0 saturated heterocycles. The van der Waals surface area contributed by atoms with Gasteiger partial charge in [-0.25, -0.2) is 10.2 Å². The summed E-state index contributed by atoms with van der Waals surface area (Å²) in [5.74, 6) is -1.53. The second-order valence-electron chi connectivity index (χ2n) is 6.45. The topological polar surface area (TPSA) is 131 Å². The highest BCUT2D eigenvalue weighted by molar-refractivity contribution is 5.98. The lowest BCUT2D eigenvalue weighted by atomic mass is 10.1. The molecule has 0 atom stereocenters. The Morgan fingerprint density at radius 2 is 1.81 bits per heavy atom. The summed E-state index contributed by atoms with van der Waals surface area (Å²) >= 11 is 0. The highest BCUT2D eigenvalue weighted by atomic mass is 16.6. The smallest absolute Gasteiger partial charge is 0.343 e. The van der Waals surface area contributed by atoms with Crippen molar-refractivity contribution in [2.45, 2.75) is 6.92 Å². The van der Waals surface area contributed by atoms with E-state index >= 15 is 0 Å². The van der Waals surface area contributed by atoms with Gasteiger partial charge in [0.2, 0.25) is 0 Å². The molecule has 1 amide bonds. The van der Waals surface area contributed by atoms with Crippen LogP contribution in [0.15, 0.2) is 71.8 Å². The Hall–Kier alpha value is -4.53. The van der Waals surface area contributed by atoms with Gasteiger partial charge in [0, 0.05) is 17.7 Å². The van der Waals surface area contributed by atoms with Crippen molar-refractivity contribution in [2.24, 2.45) is 5.10 Å². The molecule has 31 heavy (non-hydrogen) atoms. The molecule has 156 valence electrons. The number of benzene rings is 3. The van der Waals surface area contributed by atoms with E-state index in [0.717, 1.165) is 17.8 Å². The monoisotopic (exact) mass is 419 g/mol. The number of nitro benzene ring substituents is 1.